The summed E-state index contributed by atoms with van der Waals surface area (Å²) in [6.45, 7) is 3.81. The first-order valence-corrected chi connectivity index (χ1v) is 9.17. The van der Waals surface area contributed by atoms with Crippen molar-refractivity contribution in [3.8, 4) is 5.69 Å². The van der Waals surface area contributed by atoms with Crippen LogP contribution in [-0.4, -0.2) is 25.8 Å². The van der Waals surface area contributed by atoms with Crippen molar-refractivity contribution in [2.75, 3.05) is 0 Å². The fourth-order valence-electron chi connectivity index (χ4n) is 2.35. The highest BCUT2D eigenvalue weighted by Gasteiger charge is 2.21. The molecule has 3 rings (SSSR count). The van der Waals surface area contributed by atoms with Crippen LogP contribution in [0.15, 0.2) is 64.2 Å². The van der Waals surface area contributed by atoms with E-state index in [0.29, 0.717) is 5.56 Å². The number of thioether (sulfide) groups is 1. The smallest absolute Gasteiger partial charge is 0.196 e. The minimum Gasteiger partial charge on any atom is -0.293 e. The number of aryl methyl sites for hydroxylation is 1. The molecular formula is C18H16BrN3OS. The number of ketones is 1. The molecule has 0 saturated heterocycles. The summed E-state index contributed by atoms with van der Waals surface area (Å²) < 4.78 is 2.93. The Labute approximate surface area is 153 Å². The molecule has 0 aliphatic rings. The van der Waals surface area contributed by atoms with Crippen LogP contribution in [0.2, 0.25) is 0 Å². The predicted octanol–water partition coefficient (Wildman–Crippen LogP) is 4.70. The van der Waals surface area contributed by atoms with Gasteiger partial charge in [-0.15, -0.1) is 10.2 Å². The number of benzene rings is 2. The van der Waals surface area contributed by atoms with E-state index in [1.54, 1.807) is 0 Å². The summed E-state index contributed by atoms with van der Waals surface area (Å²) in [7, 11) is 0. The topological polar surface area (TPSA) is 47.8 Å². The Morgan fingerprint density at radius 1 is 1.08 bits per heavy atom. The molecular weight excluding hydrogens is 386 g/mol. The second-order valence-corrected chi connectivity index (χ2v) is 7.56. The van der Waals surface area contributed by atoms with E-state index in [2.05, 4.69) is 26.1 Å². The second-order valence-electron chi connectivity index (χ2n) is 5.33. The SMILES string of the molecule is Cc1nnc(SC(C)C(=O)c2ccc(Br)cc2)n1-c1ccccc1. The van der Waals surface area contributed by atoms with E-state index in [-0.39, 0.29) is 11.0 Å². The second kappa shape index (κ2) is 7.32. The summed E-state index contributed by atoms with van der Waals surface area (Å²) >= 11 is 4.81. The maximum Gasteiger partial charge on any atom is 0.196 e. The van der Waals surface area contributed by atoms with Gasteiger partial charge in [0.15, 0.2) is 10.9 Å². The maximum atomic E-state index is 12.6. The van der Waals surface area contributed by atoms with Crippen LogP contribution in [0.25, 0.3) is 5.69 Å². The zero-order valence-electron chi connectivity index (χ0n) is 13.3. The normalized spacial score (nSPS) is 12.1. The molecule has 1 atom stereocenters. The van der Waals surface area contributed by atoms with Gasteiger partial charge in [0, 0.05) is 15.7 Å². The lowest BCUT2D eigenvalue weighted by Crippen LogP contribution is -2.14. The molecule has 0 amide bonds. The molecule has 0 N–H and O–H groups in total. The number of hydrogen-bond donors (Lipinski definition) is 0. The Morgan fingerprint density at radius 3 is 2.42 bits per heavy atom. The van der Waals surface area contributed by atoms with Crippen molar-refractivity contribution in [3.05, 3.63) is 70.5 Å². The molecule has 1 heterocycles. The summed E-state index contributed by atoms with van der Waals surface area (Å²) in [6.07, 6.45) is 0. The molecule has 24 heavy (non-hydrogen) atoms. The first-order chi connectivity index (χ1) is 11.6. The van der Waals surface area contributed by atoms with Crippen molar-refractivity contribution >= 4 is 33.5 Å². The lowest BCUT2D eigenvalue weighted by atomic mass is 10.1. The van der Waals surface area contributed by atoms with Crippen LogP contribution in [0.3, 0.4) is 0 Å². The third-order valence-electron chi connectivity index (χ3n) is 3.59. The van der Waals surface area contributed by atoms with Gasteiger partial charge < -0.3 is 0 Å². The third kappa shape index (κ3) is 3.60. The molecule has 122 valence electrons. The van der Waals surface area contributed by atoms with E-state index in [1.807, 2.05) is 73.0 Å². The van der Waals surface area contributed by atoms with E-state index >= 15 is 0 Å². The predicted molar refractivity (Wildman–Crippen MR) is 99.9 cm³/mol. The minimum absolute atomic E-state index is 0.0766. The molecule has 4 nitrogen and oxygen atoms in total. The Bertz CT molecular complexity index is 846. The molecule has 6 heteroatoms. The highest BCUT2D eigenvalue weighted by molar-refractivity contribution is 9.10. The number of para-hydroxylation sites is 1. The van der Waals surface area contributed by atoms with Crippen LogP contribution >= 0.6 is 27.7 Å². The lowest BCUT2D eigenvalue weighted by molar-refractivity contribution is 0.0994. The average Bonchev–Trinajstić information content (AvgIpc) is 2.96. The first-order valence-electron chi connectivity index (χ1n) is 7.50. The summed E-state index contributed by atoms with van der Waals surface area (Å²) in [5.74, 6) is 0.875. The van der Waals surface area contributed by atoms with Gasteiger partial charge in [0.2, 0.25) is 0 Å². The Balaban J connectivity index is 1.84. The van der Waals surface area contributed by atoms with Crippen molar-refractivity contribution in [1.29, 1.82) is 0 Å². The maximum absolute atomic E-state index is 12.6. The van der Waals surface area contributed by atoms with Gasteiger partial charge in [-0.3, -0.25) is 9.36 Å². The van der Waals surface area contributed by atoms with Crippen LogP contribution < -0.4 is 0 Å². The number of halogens is 1. The number of rotatable bonds is 5. The van der Waals surface area contributed by atoms with E-state index in [1.165, 1.54) is 11.8 Å². The fourth-order valence-corrected chi connectivity index (χ4v) is 3.61. The quantitative estimate of drug-likeness (QED) is 0.459. The van der Waals surface area contributed by atoms with Crippen molar-refractivity contribution in [2.45, 2.75) is 24.3 Å². The molecule has 0 bridgehead atoms. The number of carbonyl (C=O) groups is 1. The van der Waals surface area contributed by atoms with Gasteiger partial charge in [-0.2, -0.15) is 0 Å². The van der Waals surface area contributed by atoms with Gasteiger partial charge in [0.25, 0.3) is 0 Å². The molecule has 0 aliphatic heterocycles. The molecule has 1 unspecified atom stereocenters. The molecule has 3 aromatic rings. The molecule has 0 spiro atoms. The monoisotopic (exact) mass is 401 g/mol. The number of aromatic nitrogens is 3. The van der Waals surface area contributed by atoms with E-state index < -0.39 is 0 Å². The molecule has 0 saturated carbocycles. The molecule has 0 fully saturated rings. The highest BCUT2D eigenvalue weighted by atomic mass is 79.9. The Morgan fingerprint density at radius 2 is 1.75 bits per heavy atom. The third-order valence-corrected chi connectivity index (χ3v) is 5.16. The van der Waals surface area contributed by atoms with Crippen molar-refractivity contribution < 1.29 is 4.79 Å². The highest BCUT2D eigenvalue weighted by Crippen LogP contribution is 2.27. The Kier molecular flexibility index (Phi) is 5.16. The van der Waals surface area contributed by atoms with E-state index in [0.717, 1.165) is 21.1 Å². The van der Waals surface area contributed by atoms with Gasteiger partial charge in [-0.25, -0.2) is 0 Å². The van der Waals surface area contributed by atoms with Crippen LogP contribution in [0.5, 0.6) is 0 Å². The number of nitrogens with zero attached hydrogens (tertiary/aromatic N) is 3. The minimum atomic E-state index is -0.253. The standard InChI is InChI=1S/C18H16BrN3OS/c1-12(17(23)14-8-10-15(19)11-9-14)24-18-21-20-13(2)22(18)16-6-4-3-5-7-16/h3-12H,1-2H3. The largest absolute Gasteiger partial charge is 0.293 e. The fraction of sp³-hybridized carbons (Fsp3) is 0.167. The zero-order valence-corrected chi connectivity index (χ0v) is 15.7. The van der Waals surface area contributed by atoms with Crippen molar-refractivity contribution in [2.24, 2.45) is 0 Å². The molecule has 1 aromatic heterocycles. The molecule has 0 radical (unpaired) electrons. The summed E-state index contributed by atoms with van der Waals surface area (Å²) in [5.41, 5.74) is 1.69. The zero-order chi connectivity index (χ0) is 17.1. The molecule has 2 aromatic carbocycles. The first kappa shape index (κ1) is 16.9. The summed E-state index contributed by atoms with van der Waals surface area (Å²) in [4.78, 5) is 12.6. The van der Waals surface area contributed by atoms with Crippen molar-refractivity contribution in [3.63, 3.8) is 0 Å². The van der Waals surface area contributed by atoms with Gasteiger partial charge in [-0.05, 0) is 38.1 Å². The van der Waals surface area contributed by atoms with Crippen LogP contribution in [0, 0.1) is 6.92 Å². The number of hydrogen-bond acceptors (Lipinski definition) is 4. The number of carbonyl (C=O) groups excluding carboxylic acids is 1. The summed E-state index contributed by atoms with van der Waals surface area (Å²) in [5, 5.41) is 8.87. The number of Topliss-reactive ketones (excluding diaryl/α,β-unsaturated/α-hetero) is 1. The van der Waals surface area contributed by atoms with E-state index in [9.17, 15) is 4.79 Å². The van der Waals surface area contributed by atoms with Crippen LogP contribution in [-0.2, 0) is 0 Å². The van der Waals surface area contributed by atoms with Gasteiger partial charge >= 0.3 is 0 Å². The molecule has 0 aliphatic carbocycles. The lowest BCUT2D eigenvalue weighted by Gasteiger charge is -2.12. The average molecular weight is 402 g/mol. The van der Waals surface area contributed by atoms with E-state index in [4.69, 9.17) is 0 Å². The Hall–Kier alpha value is -1.92. The summed E-state index contributed by atoms with van der Waals surface area (Å²) in [6, 6.07) is 17.3. The van der Waals surface area contributed by atoms with Crippen LogP contribution in [0.1, 0.15) is 23.1 Å². The van der Waals surface area contributed by atoms with Gasteiger partial charge in [-0.1, -0.05) is 58.0 Å². The van der Waals surface area contributed by atoms with Crippen LogP contribution in [0.4, 0.5) is 0 Å². The van der Waals surface area contributed by atoms with Crippen molar-refractivity contribution in [1.82, 2.24) is 14.8 Å². The van der Waals surface area contributed by atoms with Gasteiger partial charge in [0.1, 0.15) is 5.82 Å². The van der Waals surface area contributed by atoms with Gasteiger partial charge in [0.05, 0.1) is 5.25 Å².